The van der Waals surface area contributed by atoms with Gasteiger partial charge in [0.05, 0.1) is 12.7 Å². The number of carboxylic acids is 1. The smallest absolute Gasteiger partial charge is 0.326 e. The van der Waals surface area contributed by atoms with Crippen LogP contribution in [0.15, 0.2) is 0 Å². The first kappa shape index (κ1) is 16.9. The van der Waals surface area contributed by atoms with Crippen LogP contribution < -0.4 is 5.32 Å². The maximum Gasteiger partial charge on any atom is 0.326 e. The molecule has 0 aliphatic carbocycles. The van der Waals surface area contributed by atoms with Crippen LogP contribution in [0.1, 0.15) is 39.5 Å². The molecule has 1 aliphatic heterocycles. The molecule has 0 aromatic rings. The molecular weight excluding hydrogens is 262 g/mol. The SMILES string of the molecule is CC(C)C[C@H](NC(=O)CCOC1CCOCC1)C(=O)O. The Labute approximate surface area is 119 Å². The Morgan fingerprint density at radius 3 is 2.55 bits per heavy atom. The molecular formula is C14H25NO5. The van der Waals surface area contributed by atoms with Crippen LogP contribution in [0.2, 0.25) is 0 Å². The Balaban J connectivity index is 2.21. The van der Waals surface area contributed by atoms with E-state index in [0.717, 1.165) is 12.8 Å². The van der Waals surface area contributed by atoms with Gasteiger partial charge in [-0.15, -0.1) is 0 Å². The number of aliphatic carboxylic acids is 1. The molecule has 0 aromatic carbocycles. The molecule has 0 aromatic heterocycles. The van der Waals surface area contributed by atoms with Gasteiger partial charge in [-0.25, -0.2) is 4.79 Å². The Morgan fingerprint density at radius 2 is 2.00 bits per heavy atom. The minimum atomic E-state index is -0.989. The highest BCUT2D eigenvalue weighted by Gasteiger charge is 2.21. The van der Waals surface area contributed by atoms with Gasteiger partial charge in [0.1, 0.15) is 6.04 Å². The fourth-order valence-electron chi connectivity index (χ4n) is 2.12. The normalized spacial score (nSPS) is 17.9. The van der Waals surface area contributed by atoms with Gasteiger partial charge < -0.3 is 19.9 Å². The first-order valence-corrected chi connectivity index (χ1v) is 7.20. The van der Waals surface area contributed by atoms with Crippen LogP contribution in [0.4, 0.5) is 0 Å². The van der Waals surface area contributed by atoms with Crippen molar-refractivity contribution in [2.24, 2.45) is 5.92 Å². The molecule has 116 valence electrons. The van der Waals surface area contributed by atoms with Crippen LogP contribution >= 0.6 is 0 Å². The van der Waals surface area contributed by atoms with E-state index in [4.69, 9.17) is 14.6 Å². The minimum Gasteiger partial charge on any atom is -0.480 e. The lowest BCUT2D eigenvalue weighted by atomic mass is 10.0. The number of hydrogen-bond donors (Lipinski definition) is 2. The molecule has 0 bridgehead atoms. The van der Waals surface area contributed by atoms with Crippen LogP contribution in [-0.2, 0) is 19.1 Å². The van der Waals surface area contributed by atoms with E-state index in [2.05, 4.69) is 5.32 Å². The standard InChI is InChI=1S/C14H25NO5/c1-10(2)9-12(14(17)18)15-13(16)5-8-20-11-3-6-19-7-4-11/h10-12H,3-9H2,1-2H3,(H,15,16)(H,17,18)/t12-/m0/s1. The largest absolute Gasteiger partial charge is 0.480 e. The summed E-state index contributed by atoms with van der Waals surface area (Å²) in [4.78, 5) is 22.7. The second-order valence-electron chi connectivity index (χ2n) is 5.52. The summed E-state index contributed by atoms with van der Waals surface area (Å²) in [5, 5.41) is 11.6. The maximum absolute atomic E-state index is 11.7. The monoisotopic (exact) mass is 287 g/mol. The van der Waals surface area contributed by atoms with E-state index in [1.807, 2.05) is 13.8 Å². The first-order valence-electron chi connectivity index (χ1n) is 7.20. The number of hydrogen-bond acceptors (Lipinski definition) is 4. The van der Waals surface area contributed by atoms with Gasteiger partial charge in [-0.1, -0.05) is 13.8 Å². The molecule has 1 fully saturated rings. The molecule has 0 unspecified atom stereocenters. The van der Waals surface area contributed by atoms with Crippen molar-refractivity contribution < 1.29 is 24.2 Å². The third-order valence-corrected chi connectivity index (χ3v) is 3.19. The van der Waals surface area contributed by atoms with Crippen molar-refractivity contribution in [3.05, 3.63) is 0 Å². The number of rotatable bonds is 8. The van der Waals surface area contributed by atoms with Gasteiger partial charge in [-0.05, 0) is 25.2 Å². The van der Waals surface area contributed by atoms with Crippen molar-refractivity contribution in [1.29, 1.82) is 0 Å². The summed E-state index contributed by atoms with van der Waals surface area (Å²) in [6, 6.07) is -0.814. The summed E-state index contributed by atoms with van der Waals surface area (Å²) in [5.74, 6) is -1.04. The summed E-state index contributed by atoms with van der Waals surface area (Å²) in [6.45, 7) is 5.58. The van der Waals surface area contributed by atoms with Gasteiger partial charge in [0.25, 0.3) is 0 Å². The van der Waals surface area contributed by atoms with Crippen molar-refractivity contribution in [3.8, 4) is 0 Å². The number of ether oxygens (including phenoxy) is 2. The molecule has 0 spiro atoms. The molecule has 1 aliphatic rings. The van der Waals surface area contributed by atoms with E-state index >= 15 is 0 Å². The second-order valence-corrected chi connectivity index (χ2v) is 5.52. The lowest BCUT2D eigenvalue weighted by Crippen LogP contribution is -2.42. The van der Waals surface area contributed by atoms with Crippen molar-refractivity contribution >= 4 is 11.9 Å². The predicted molar refractivity (Wildman–Crippen MR) is 73.4 cm³/mol. The summed E-state index contributed by atoms with van der Waals surface area (Å²) in [7, 11) is 0. The van der Waals surface area contributed by atoms with Crippen molar-refractivity contribution in [2.75, 3.05) is 19.8 Å². The molecule has 0 saturated carbocycles. The predicted octanol–water partition coefficient (Wildman–Crippen LogP) is 1.19. The molecule has 2 N–H and O–H groups in total. The van der Waals surface area contributed by atoms with Crippen molar-refractivity contribution in [3.63, 3.8) is 0 Å². The van der Waals surface area contributed by atoms with E-state index in [0.29, 0.717) is 26.2 Å². The lowest BCUT2D eigenvalue weighted by Gasteiger charge is -2.22. The molecule has 1 saturated heterocycles. The maximum atomic E-state index is 11.7. The molecule has 1 heterocycles. The number of carbonyl (C=O) groups is 2. The Kier molecular flexibility index (Phi) is 7.54. The van der Waals surface area contributed by atoms with Gasteiger partial charge in [0.15, 0.2) is 0 Å². The van der Waals surface area contributed by atoms with E-state index < -0.39 is 12.0 Å². The Morgan fingerprint density at radius 1 is 1.35 bits per heavy atom. The minimum absolute atomic E-state index is 0.155. The quantitative estimate of drug-likeness (QED) is 0.700. The van der Waals surface area contributed by atoms with Crippen molar-refractivity contribution in [1.82, 2.24) is 5.32 Å². The fourth-order valence-corrected chi connectivity index (χ4v) is 2.12. The van der Waals surface area contributed by atoms with E-state index in [9.17, 15) is 9.59 Å². The molecule has 0 radical (unpaired) electrons. The highest BCUT2D eigenvalue weighted by Crippen LogP contribution is 2.11. The highest BCUT2D eigenvalue weighted by atomic mass is 16.5. The van der Waals surface area contributed by atoms with E-state index in [1.54, 1.807) is 0 Å². The van der Waals surface area contributed by atoms with Crippen LogP contribution in [-0.4, -0.2) is 48.9 Å². The zero-order valence-corrected chi connectivity index (χ0v) is 12.3. The molecule has 1 rings (SSSR count). The van der Waals surface area contributed by atoms with E-state index in [1.165, 1.54) is 0 Å². The average molecular weight is 287 g/mol. The van der Waals surface area contributed by atoms with Crippen LogP contribution in [0, 0.1) is 5.92 Å². The van der Waals surface area contributed by atoms with Crippen molar-refractivity contribution in [2.45, 2.75) is 51.7 Å². The van der Waals surface area contributed by atoms with E-state index in [-0.39, 0.29) is 24.3 Å². The average Bonchev–Trinajstić information content (AvgIpc) is 2.38. The van der Waals surface area contributed by atoms with Crippen LogP contribution in [0.25, 0.3) is 0 Å². The number of amides is 1. The lowest BCUT2D eigenvalue weighted by molar-refractivity contribution is -0.142. The zero-order valence-electron chi connectivity index (χ0n) is 12.3. The van der Waals surface area contributed by atoms with Gasteiger partial charge in [0, 0.05) is 19.6 Å². The third-order valence-electron chi connectivity index (χ3n) is 3.19. The van der Waals surface area contributed by atoms with Gasteiger partial charge in [-0.3, -0.25) is 4.79 Å². The van der Waals surface area contributed by atoms with Crippen LogP contribution in [0.5, 0.6) is 0 Å². The van der Waals surface area contributed by atoms with Gasteiger partial charge in [-0.2, -0.15) is 0 Å². The van der Waals surface area contributed by atoms with Gasteiger partial charge in [0.2, 0.25) is 5.91 Å². The second kappa shape index (κ2) is 8.92. The summed E-state index contributed by atoms with van der Waals surface area (Å²) >= 11 is 0. The number of carboxylic acid groups (broad SMARTS) is 1. The molecule has 6 heteroatoms. The van der Waals surface area contributed by atoms with Crippen LogP contribution in [0.3, 0.4) is 0 Å². The molecule has 20 heavy (non-hydrogen) atoms. The summed E-state index contributed by atoms with van der Waals surface area (Å²) in [5.41, 5.74) is 0. The highest BCUT2D eigenvalue weighted by molar-refractivity contribution is 5.83. The zero-order chi connectivity index (χ0) is 15.0. The Bertz CT molecular complexity index is 313. The first-order chi connectivity index (χ1) is 9.49. The third kappa shape index (κ3) is 6.86. The topological polar surface area (TPSA) is 84.9 Å². The Hall–Kier alpha value is -1.14. The van der Waals surface area contributed by atoms with Gasteiger partial charge >= 0.3 is 5.97 Å². The summed E-state index contributed by atoms with van der Waals surface area (Å²) in [6.07, 6.45) is 2.49. The number of carbonyl (C=O) groups excluding carboxylic acids is 1. The number of nitrogens with one attached hydrogen (secondary N) is 1. The molecule has 1 atom stereocenters. The molecule has 1 amide bonds. The summed E-state index contributed by atoms with van der Waals surface area (Å²) < 4.78 is 10.8. The fraction of sp³-hybridized carbons (Fsp3) is 0.857. The molecule has 6 nitrogen and oxygen atoms in total.